The molecule has 3 aromatic heterocycles. The van der Waals surface area contributed by atoms with Crippen LogP contribution in [0.1, 0.15) is 64.9 Å². The van der Waals surface area contributed by atoms with Crippen molar-refractivity contribution in [2.75, 3.05) is 20.2 Å². The number of nitrogens with zero attached hydrogens (tertiary/aromatic N) is 6. The molecular weight excluding hydrogens is 787 g/mol. The van der Waals surface area contributed by atoms with E-state index in [1.807, 2.05) is 125 Å². The highest BCUT2D eigenvalue weighted by Gasteiger charge is 2.44. The lowest BCUT2D eigenvalue weighted by atomic mass is 9.84. The third-order valence-electron chi connectivity index (χ3n) is 11.2. The minimum absolute atomic E-state index is 0.0557. The van der Waals surface area contributed by atoms with Gasteiger partial charge < -0.3 is 35.6 Å². The normalized spacial score (nSPS) is 15.7. The van der Waals surface area contributed by atoms with Gasteiger partial charge >= 0.3 is 12.1 Å². The van der Waals surface area contributed by atoms with Gasteiger partial charge in [0, 0.05) is 37.1 Å². The molecule has 1 aliphatic rings. The second-order valence-corrected chi connectivity index (χ2v) is 18.1. The molecule has 6 rings (SSSR count). The highest BCUT2D eigenvalue weighted by molar-refractivity contribution is 5.89. The third kappa shape index (κ3) is 11.3. The van der Waals surface area contributed by atoms with E-state index in [0.29, 0.717) is 25.3 Å². The van der Waals surface area contributed by atoms with Gasteiger partial charge in [-0.1, -0.05) is 102 Å². The number of ether oxygens (including phenoxy) is 1. The highest BCUT2D eigenvalue weighted by atomic mass is 16.5. The van der Waals surface area contributed by atoms with E-state index < -0.39 is 53.1 Å². The lowest BCUT2D eigenvalue weighted by Gasteiger charge is -2.38. The number of fused-ring (bicyclic) bond motifs is 1. The number of aromatic nitrogens is 4. The summed E-state index contributed by atoms with van der Waals surface area (Å²) in [5.74, 6) is -0.181. The van der Waals surface area contributed by atoms with Crippen molar-refractivity contribution in [3.8, 4) is 11.3 Å². The Kier molecular flexibility index (Phi) is 14.3. The first-order chi connectivity index (χ1) is 29.5. The number of alkyl carbamates (subject to hydrolysis) is 1. The molecule has 15 heteroatoms. The molecule has 15 nitrogen and oxygen atoms in total. The van der Waals surface area contributed by atoms with Crippen molar-refractivity contribution in [2.24, 2.45) is 10.8 Å². The number of methoxy groups -OCH3 is 1. The molecule has 5 amide bonds. The summed E-state index contributed by atoms with van der Waals surface area (Å²) in [6, 6.07) is 21.4. The van der Waals surface area contributed by atoms with Gasteiger partial charge in [-0.05, 0) is 59.4 Å². The molecule has 62 heavy (non-hydrogen) atoms. The number of nitrogens with one attached hydrogen (secondary N) is 3. The van der Waals surface area contributed by atoms with E-state index in [0.717, 1.165) is 27.9 Å². The molecule has 0 saturated carbocycles. The smallest absolute Gasteiger partial charge is 0.407 e. The first-order valence-corrected chi connectivity index (χ1v) is 21.0. The van der Waals surface area contributed by atoms with Crippen molar-refractivity contribution in [3.05, 3.63) is 121 Å². The Hall–Kier alpha value is -6.35. The van der Waals surface area contributed by atoms with Gasteiger partial charge in [0.1, 0.15) is 24.2 Å². The fourth-order valence-electron chi connectivity index (χ4n) is 8.00. The Bertz CT molecular complexity index is 2290. The van der Waals surface area contributed by atoms with Crippen molar-refractivity contribution in [1.29, 1.82) is 0 Å². The summed E-state index contributed by atoms with van der Waals surface area (Å²) in [7, 11) is 1.23. The predicted molar refractivity (Wildman–Crippen MR) is 236 cm³/mol. The Balaban J connectivity index is 1.25. The van der Waals surface area contributed by atoms with Gasteiger partial charge in [-0.2, -0.15) is 0 Å². The second kappa shape index (κ2) is 19.6. The van der Waals surface area contributed by atoms with Crippen LogP contribution in [0.3, 0.4) is 0 Å². The number of hydrogen-bond donors (Lipinski definition) is 4. The predicted octanol–water partition coefficient (Wildman–Crippen LogP) is 5.42. The molecule has 4 N–H and O–H groups in total. The molecule has 328 valence electrons. The molecule has 2 aromatic carbocycles. The van der Waals surface area contributed by atoms with E-state index in [-0.39, 0.29) is 31.3 Å². The summed E-state index contributed by atoms with van der Waals surface area (Å²) in [5.41, 5.74) is 2.99. The van der Waals surface area contributed by atoms with Gasteiger partial charge in [-0.3, -0.25) is 19.0 Å². The largest absolute Gasteiger partial charge is 0.453 e. The van der Waals surface area contributed by atoms with Crippen LogP contribution in [0.5, 0.6) is 0 Å². The fraction of sp³-hybridized carbons (Fsp3) is 0.426. The average molecular weight is 846 g/mol. The molecule has 0 aliphatic carbocycles. The number of carbonyl (C=O) groups excluding carboxylic acids is 4. The molecule has 5 aromatic rings. The van der Waals surface area contributed by atoms with E-state index in [4.69, 9.17) is 4.74 Å². The minimum Gasteiger partial charge on any atom is -0.453 e. The lowest BCUT2D eigenvalue weighted by Crippen LogP contribution is -2.59. The maximum atomic E-state index is 14.7. The minimum atomic E-state index is -1.17. The van der Waals surface area contributed by atoms with Crippen molar-refractivity contribution in [2.45, 2.75) is 97.6 Å². The number of hydrogen-bond acceptors (Lipinski definition) is 9. The quantitative estimate of drug-likeness (QED) is 0.101. The van der Waals surface area contributed by atoms with Gasteiger partial charge in [0.25, 0.3) is 0 Å². The zero-order valence-electron chi connectivity index (χ0n) is 36.6. The summed E-state index contributed by atoms with van der Waals surface area (Å²) in [5, 5.41) is 21.2. The number of rotatable bonds is 16. The molecule has 0 bridgehead atoms. The van der Waals surface area contributed by atoms with Crippen molar-refractivity contribution < 1.29 is 29.0 Å². The Labute approximate surface area is 363 Å². The number of aliphatic hydroxyl groups excluding tert-OH is 1. The first kappa shape index (κ1) is 45.2. The van der Waals surface area contributed by atoms with Crippen molar-refractivity contribution in [1.82, 2.24) is 45.1 Å². The molecule has 0 radical (unpaired) electrons. The number of benzene rings is 2. The SMILES string of the molecule is COC(=O)NC(C(=O)NC(Cc1ccc(-c2ccccn2)cc1)C(O)CC(Cc1ccccc1)NC(=O)C(N1CCN(Cc2ncc3ccncn23)C1=O)C(C)(C)C)C(C)(C)C. The molecule has 4 heterocycles. The molecule has 0 spiro atoms. The van der Waals surface area contributed by atoms with Crippen LogP contribution in [0.2, 0.25) is 0 Å². The van der Waals surface area contributed by atoms with Gasteiger partial charge in [-0.25, -0.2) is 19.6 Å². The number of pyridine rings is 1. The molecule has 5 atom stereocenters. The van der Waals surface area contributed by atoms with Gasteiger partial charge in [0.15, 0.2) is 0 Å². The lowest BCUT2D eigenvalue weighted by molar-refractivity contribution is -0.130. The standard InChI is InChI=1S/C47H59N9O6/c1-46(2,3)40(53-44(60)62-7)42(58)52-37(26-32-16-18-33(19-17-32)36-15-11-12-21-49-36)38(57)27-34(25-31-13-9-8-10-14-31)51-43(59)41(47(4,5)6)55-24-23-54(45(55)61)29-39-50-28-35-20-22-48-30-56(35)39/h8-22,28,30,34,37-38,40-41,57H,23-27,29H2,1-7H3,(H,51,59)(H,52,58)(H,53,60). The van der Waals surface area contributed by atoms with Crippen LogP contribution < -0.4 is 16.0 Å². The van der Waals surface area contributed by atoms with Crippen LogP contribution in [0, 0.1) is 10.8 Å². The van der Waals surface area contributed by atoms with Gasteiger partial charge in [0.05, 0.1) is 43.2 Å². The van der Waals surface area contributed by atoms with Crippen molar-refractivity contribution in [3.63, 3.8) is 0 Å². The second-order valence-electron chi connectivity index (χ2n) is 18.1. The number of aliphatic hydroxyl groups is 1. The summed E-state index contributed by atoms with van der Waals surface area (Å²) in [6.07, 6.45) is 5.56. The van der Waals surface area contributed by atoms with Crippen LogP contribution >= 0.6 is 0 Å². The zero-order chi connectivity index (χ0) is 44.6. The fourth-order valence-corrected chi connectivity index (χ4v) is 8.00. The van der Waals surface area contributed by atoms with Crippen LogP contribution in [0.25, 0.3) is 16.8 Å². The molecule has 1 fully saturated rings. The Morgan fingerprint density at radius 1 is 0.790 bits per heavy atom. The summed E-state index contributed by atoms with van der Waals surface area (Å²) in [6.45, 7) is 12.3. The van der Waals surface area contributed by atoms with Crippen LogP contribution in [-0.2, 0) is 33.7 Å². The maximum absolute atomic E-state index is 14.7. The molecule has 5 unspecified atom stereocenters. The molecule has 1 saturated heterocycles. The van der Waals surface area contributed by atoms with E-state index in [2.05, 4.69) is 30.9 Å². The summed E-state index contributed by atoms with van der Waals surface area (Å²) >= 11 is 0. The van der Waals surface area contributed by atoms with Crippen LogP contribution in [-0.4, -0.2) is 109 Å². The van der Waals surface area contributed by atoms with Crippen LogP contribution in [0.15, 0.2) is 104 Å². The average Bonchev–Trinajstić information content (AvgIpc) is 3.81. The van der Waals surface area contributed by atoms with E-state index in [1.165, 1.54) is 7.11 Å². The molecular formula is C47H59N9O6. The number of carbonyl (C=O) groups is 4. The Morgan fingerprint density at radius 3 is 2.16 bits per heavy atom. The van der Waals surface area contributed by atoms with E-state index in [1.54, 1.807) is 34.7 Å². The van der Waals surface area contributed by atoms with Gasteiger partial charge in [-0.15, -0.1) is 0 Å². The van der Waals surface area contributed by atoms with Crippen LogP contribution in [0.4, 0.5) is 9.59 Å². The summed E-state index contributed by atoms with van der Waals surface area (Å²) in [4.78, 5) is 71.7. The Morgan fingerprint density at radius 2 is 1.50 bits per heavy atom. The topological polar surface area (TPSA) is 183 Å². The maximum Gasteiger partial charge on any atom is 0.407 e. The highest BCUT2D eigenvalue weighted by Crippen LogP contribution is 2.29. The molecule has 1 aliphatic heterocycles. The first-order valence-electron chi connectivity index (χ1n) is 21.0. The third-order valence-corrected chi connectivity index (χ3v) is 11.2. The van der Waals surface area contributed by atoms with Gasteiger partial charge in [0.2, 0.25) is 11.8 Å². The summed E-state index contributed by atoms with van der Waals surface area (Å²) < 4.78 is 6.68. The number of amides is 5. The monoisotopic (exact) mass is 845 g/mol. The number of imidazole rings is 1. The van der Waals surface area contributed by atoms with E-state index in [9.17, 15) is 24.3 Å². The van der Waals surface area contributed by atoms with E-state index >= 15 is 0 Å². The number of urea groups is 1. The van der Waals surface area contributed by atoms with Crippen molar-refractivity contribution >= 4 is 29.5 Å². The zero-order valence-corrected chi connectivity index (χ0v) is 36.6.